The third-order valence-corrected chi connectivity index (χ3v) is 5.16. The molecule has 1 aromatic rings. The van der Waals surface area contributed by atoms with Crippen molar-refractivity contribution in [3.8, 4) is 23.8 Å². The summed E-state index contributed by atoms with van der Waals surface area (Å²) in [7, 11) is 1.56. The number of carbonyl (C=O) groups is 1. The molecule has 0 bridgehead atoms. The van der Waals surface area contributed by atoms with Crippen molar-refractivity contribution in [1.29, 1.82) is 0 Å². The minimum atomic E-state index is -0.0443. The molecule has 0 atom stereocenters. The number of methoxy groups -OCH3 is 1. The lowest BCUT2D eigenvalue weighted by Crippen LogP contribution is -2.35. The summed E-state index contributed by atoms with van der Waals surface area (Å²) in [5.74, 6) is 3.46. The van der Waals surface area contributed by atoms with E-state index in [9.17, 15) is 4.79 Å². The molecule has 1 heterocycles. The molecule has 0 aliphatic carbocycles. The van der Waals surface area contributed by atoms with Crippen LogP contribution >= 0.6 is 27.7 Å². The van der Waals surface area contributed by atoms with Crippen molar-refractivity contribution < 1.29 is 14.3 Å². The molecule has 1 aromatic carbocycles. The Labute approximate surface area is 173 Å². The average Bonchev–Trinajstić information content (AvgIpc) is 2.88. The van der Waals surface area contributed by atoms with E-state index in [-0.39, 0.29) is 24.6 Å². The molecule has 0 unspecified atom stereocenters. The summed E-state index contributed by atoms with van der Waals surface area (Å²) in [6, 6.07) is 3.83. The Balaban J connectivity index is 2.42. The lowest BCUT2D eigenvalue weighted by Gasteiger charge is -2.20. The van der Waals surface area contributed by atoms with Crippen molar-refractivity contribution in [3.63, 3.8) is 0 Å². The van der Waals surface area contributed by atoms with Crippen LogP contribution in [0.3, 0.4) is 0 Å². The number of thioether (sulfide) groups is 1. The highest BCUT2D eigenvalue weighted by Gasteiger charge is 2.35. The Morgan fingerprint density at radius 3 is 2.63 bits per heavy atom. The van der Waals surface area contributed by atoms with Gasteiger partial charge in [-0.3, -0.25) is 14.7 Å². The molecule has 2 rings (SSSR count). The molecule has 1 fully saturated rings. The zero-order valence-corrected chi connectivity index (χ0v) is 18.5. The lowest BCUT2D eigenvalue weighted by atomic mass is 10.1. The van der Waals surface area contributed by atoms with Crippen molar-refractivity contribution in [2.45, 2.75) is 39.8 Å². The molecule has 1 aliphatic rings. The van der Waals surface area contributed by atoms with Crippen LogP contribution in [0.1, 0.15) is 33.3 Å². The van der Waals surface area contributed by atoms with Crippen molar-refractivity contribution in [1.82, 2.24) is 4.90 Å². The Bertz CT molecular complexity index is 825. The van der Waals surface area contributed by atoms with Crippen LogP contribution in [-0.4, -0.2) is 41.8 Å². The van der Waals surface area contributed by atoms with Crippen LogP contribution in [0, 0.1) is 12.3 Å². The fourth-order valence-electron chi connectivity index (χ4n) is 2.48. The van der Waals surface area contributed by atoms with E-state index < -0.39 is 0 Å². The van der Waals surface area contributed by atoms with Crippen LogP contribution in [0.5, 0.6) is 11.5 Å². The first kappa shape index (κ1) is 21.4. The molecule has 5 nitrogen and oxygen atoms in total. The number of hydrogen-bond acceptors (Lipinski definition) is 5. The van der Waals surface area contributed by atoms with Crippen LogP contribution in [-0.2, 0) is 4.79 Å². The maximum Gasteiger partial charge on any atom is 0.266 e. The number of aliphatic imine (C=N–C) groups is 1. The predicted molar refractivity (Wildman–Crippen MR) is 115 cm³/mol. The van der Waals surface area contributed by atoms with E-state index >= 15 is 0 Å². The molecular formula is C20H23BrN2O3S. The van der Waals surface area contributed by atoms with Gasteiger partial charge in [-0.1, -0.05) is 5.92 Å². The zero-order valence-electron chi connectivity index (χ0n) is 16.1. The summed E-state index contributed by atoms with van der Waals surface area (Å²) in [5, 5.41) is 0.733. The Hall–Kier alpha value is -1.91. The van der Waals surface area contributed by atoms with Gasteiger partial charge in [-0.15, -0.1) is 6.42 Å². The minimum Gasteiger partial charge on any atom is -0.493 e. The number of amides is 1. The van der Waals surface area contributed by atoms with Gasteiger partial charge in [0.25, 0.3) is 5.91 Å². The highest BCUT2D eigenvalue weighted by atomic mass is 79.9. The van der Waals surface area contributed by atoms with Crippen LogP contribution in [0.15, 0.2) is 26.5 Å². The summed E-state index contributed by atoms with van der Waals surface area (Å²) >= 11 is 4.87. The van der Waals surface area contributed by atoms with E-state index in [1.807, 2.05) is 45.9 Å². The number of benzene rings is 1. The quantitative estimate of drug-likeness (QED) is 0.470. The number of terminal acetylenes is 1. The predicted octanol–water partition coefficient (Wildman–Crippen LogP) is 4.56. The molecule has 0 spiro atoms. The van der Waals surface area contributed by atoms with Crippen LogP contribution in [0.25, 0.3) is 6.08 Å². The fraction of sp³-hybridized carbons (Fsp3) is 0.400. The molecule has 1 amide bonds. The van der Waals surface area contributed by atoms with Crippen molar-refractivity contribution in [2.75, 3.05) is 13.7 Å². The molecular weight excluding hydrogens is 428 g/mol. The number of amidine groups is 1. The standard InChI is InChI=1S/C20H23BrN2O3S/c1-7-8-26-18-15(21)9-14(10-16(18)25-6)11-17-19(24)23(13(4)5)20(27-17)22-12(2)3/h1,9-13H,8H2,2-6H3/b17-11+,22-20?. The molecule has 27 heavy (non-hydrogen) atoms. The van der Waals surface area contributed by atoms with E-state index in [0.717, 1.165) is 10.7 Å². The third-order valence-electron chi connectivity index (χ3n) is 3.57. The molecule has 0 saturated carbocycles. The Kier molecular flexibility index (Phi) is 7.40. The highest BCUT2D eigenvalue weighted by molar-refractivity contribution is 9.10. The van der Waals surface area contributed by atoms with Crippen LogP contribution in [0.2, 0.25) is 0 Å². The van der Waals surface area contributed by atoms with Gasteiger partial charge in [0.2, 0.25) is 0 Å². The van der Waals surface area contributed by atoms with Crippen molar-refractivity contribution >= 4 is 44.8 Å². The zero-order chi connectivity index (χ0) is 20.1. The van der Waals surface area contributed by atoms with E-state index in [0.29, 0.717) is 20.9 Å². The first-order valence-electron chi connectivity index (χ1n) is 8.53. The van der Waals surface area contributed by atoms with Gasteiger partial charge in [0, 0.05) is 12.1 Å². The monoisotopic (exact) mass is 450 g/mol. The number of ether oxygens (including phenoxy) is 2. The molecule has 0 aromatic heterocycles. The molecule has 144 valence electrons. The topological polar surface area (TPSA) is 51.1 Å². The van der Waals surface area contributed by atoms with E-state index in [1.165, 1.54) is 11.8 Å². The summed E-state index contributed by atoms with van der Waals surface area (Å²) in [6.45, 7) is 8.09. The van der Waals surface area contributed by atoms with E-state index in [2.05, 4.69) is 26.8 Å². The first-order valence-corrected chi connectivity index (χ1v) is 10.1. The van der Waals surface area contributed by atoms with Gasteiger partial charge in [0.1, 0.15) is 6.61 Å². The highest BCUT2D eigenvalue weighted by Crippen LogP contribution is 2.39. The van der Waals surface area contributed by atoms with Gasteiger partial charge in [-0.05, 0) is 79.2 Å². The number of hydrogen-bond donors (Lipinski definition) is 0. The second-order valence-electron chi connectivity index (χ2n) is 6.41. The number of rotatable bonds is 6. The molecule has 7 heteroatoms. The molecule has 0 radical (unpaired) electrons. The lowest BCUT2D eigenvalue weighted by molar-refractivity contribution is -0.123. The summed E-state index contributed by atoms with van der Waals surface area (Å²) in [6.07, 6.45) is 7.10. The molecule has 1 aliphatic heterocycles. The maximum atomic E-state index is 12.9. The van der Waals surface area contributed by atoms with Gasteiger partial charge in [0.15, 0.2) is 16.7 Å². The van der Waals surface area contributed by atoms with Crippen LogP contribution < -0.4 is 9.47 Å². The minimum absolute atomic E-state index is 0.0363. The maximum absolute atomic E-state index is 12.9. The molecule has 1 saturated heterocycles. The summed E-state index contributed by atoms with van der Waals surface area (Å²) in [5.41, 5.74) is 0.817. The van der Waals surface area contributed by atoms with Crippen molar-refractivity contribution in [2.24, 2.45) is 4.99 Å². The summed E-state index contributed by atoms with van der Waals surface area (Å²) < 4.78 is 11.6. The number of nitrogens with zero attached hydrogens (tertiary/aromatic N) is 2. The Morgan fingerprint density at radius 1 is 1.37 bits per heavy atom. The largest absolute Gasteiger partial charge is 0.493 e. The van der Waals surface area contributed by atoms with E-state index in [4.69, 9.17) is 15.9 Å². The van der Waals surface area contributed by atoms with Gasteiger partial charge >= 0.3 is 0 Å². The number of carbonyl (C=O) groups excluding carboxylic acids is 1. The summed E-state index contributed by atoms with van der Waals surface area (Å²) in [4.78, 5) is 19.8. The van der Waals surface area contributed by atoms with Crippen LogP contribution in [0.4, 0.5) is 0 Å². The fourth-order valence-corrected chi connectivity index (χ4v) is 4.29. The van der Waals surface area contributed by atoms with Gasteiger partial charge in [-0.2, -0.15) is 0 Å². The second kappa shape index (κ2) is 9.34. The molecule has 0 N–H and O–H groups in total. The average molecular weight is 451 g/mol. The third kappa shape index (κ3) is 5.08. The normalized spacial score (nSPS) is 17.3. The number of halogens is 1. The Morgan fingerprint density at radius 2 is 2.07 bits per heavy atom. The SMILES string of the molecule is C#CCOc1c(Br)cc(/C=C2/SC(=NC(C)C)N(C(C)C)C2=O)cc1OC. The van der Waals surface area contributed by atoms with E-state index in [1.54, 1.807) is 12.0 Å². The first-order chi connectivity index (χ1) is 12.8. The van der Waals surface area contributed by atoms with Gasteiger partial charge in [0.05, 0.1) is 16.5 Å². The smallest absolute Gasteiger partial charge is 0.266 e. The van der Waals surface area contributed by atoms with Crippen molar-refractivity contribution in [3.05, 3.63) is 27.1 Å². The van der Waals surface area contributed by atoms with Gasteiger partial charge in [-0.25, -0.2) is 0 Å². The van der Waals surface area contributed by atoms with Gasteiger partial charge < -0.3 is 9.47 Å². The second-order valence-corrected chi connectivity index (χ2v) is 8.28.